The Hall–Kier alpha value is -2.86. The molecule has 1 N–H and O–H groups in total. The van der Waals surface area contributed by atoms with Gasteiger partial charge in [-0.2, -0.15) is 0 Å². The summed E-state index contributed by atoms with van der Waals surface area (Å²) >= 11 is 0. The van der Waals surface area contributed by atoms with Crippen molar-refractivity contribution in [1.29, 1.82) is 0 Å². The molecule has 1 amide bonds. The Morgan fingerprint density at radius 2 is 1.75 bits per heavy atom. The molecule has 2 aliphatic rings. The molecule has 0 bridgehead atoms. The van der Waals surface area contributed by atoms with Crippen LogP contribution < -0.4 is 10.1 Å². The number of rotatable bonds is 5. The van der Waals surface area contributed by atoms with Crippen molar-refractivity contribution in [2.24, 2.45) is 11.8 Å². The fraction of sp³-hybridized carbons (Fsp3) is 0.364. The smallest absolute Gasteiger partial charge is 0.242 e. The van der Waals surface area contributed by atoms with Crippen LogP contribution in [0.15, 0.2) is 54.6 Å². The predicted octanol–water partition coefficient (Wildman–Crippen LogP) is 2.29. The molecule has 2 aromatic carbocycles. The van der Waals surface area contributed by atoms with E-state index in [1.807, 2.05) is 64.1 Å². The van der Waals surface area contributed by atoms with Crippen LogP contribution in [-0.2, 0) is 17.9 Å². The summed E-state index contributed by atoms with van der Waals surface area (Å²) in [5.74, 6) is 2.94. The molecule has 3 aromatic rings. The fourth-order valence-electron chi connectivity index (χ4n) is 4.37. The van der Waals surface area contributed by atoms with E-state index in [-0.39, 0.29) is 5.91 Å². The molecule has 28 heavy (non-hydrogen) atoms. The van der Waals surface area contributed by atoms with E-state index in [1.54, 1.807) is 0 Å². The third kappa shape index (κ3) is 3.24. The first-order valence-electron chi connectivity index (χ1n) is 9.88. The number of imidazole rings is 1. The molecule has 0 radical (unpaired) electrons. The van der Waals surface area contributed by atoms with Gasteiger partial charge in [0.15, 0.2) is 0 Å². The number of hydrogen-bond acceptors (Lipinski definition) is 4. The van der Waals surface area contributed by atoms with Crippen LogP contribution in [0.4, 0.5) is 0 Å². The van der Waals surface area contributed by atoms with Crippen molar-refractivity contribution in [1.82, 2.24) is 19.8 Å². The van der Waals surface area contributed by atoms with Crippen molar-refractivity contribution < 1.29 is 9.53 Å². The number of hydrogen-bond donors (Lipinski definition) is 1. The summed E-state index contributed by atoms with van der Waals surface area (Å²) in [4.78, 5) is 19.8. The van der Waals surface area contributed by atoms with E-state index in [2.05, 4.69) is 5.32 Å². The molecule has 2 fully saturated rings. The molecule has 1 aromatic heterocycles. The maximum atomic E-state index is 13.0. The quantitative estimate of drug-likeness (QED) is 0.742. The van der Waals surface area contributed by atoms with Gasteiger partial charge in [-0.05, 0) is 36.1 Å². The third-order valence-electron chi connectivity index (χ3n) is 5.88. The van der Waals surface area contributed by atoms with Gasteiger partial charge < -0.3 is 19.5 Å². The highest BCUT2D eigenvalue weighted by Gasteiger charge is 2.38. The lowest BCUT2D eigenvalue weighted by Crippen LogP contribution is -2.34. The van der Waals surface area contributed by atoms with Crippen molar-refractivity contribution in [2.45, 2.75) is 13.2 Å². The van der Waals surface area contributed by atoms with Crippen LogP contribution in [0.25, 0.3) is 11.0 Å². The second kappa shape index (κ2) is 7.28. The van der Waals surface area contributed by atoms with Gasteiger partial charge in [-0.3, -0.25) is 4.79 Å². The van der Waals surface area contributed by atoms with Gasteiger partial charge in [-0.25, -0.2) is 4.98 Å². The second-order valence-corrected chi connectivity index (χ2v) is 7.68. The number of benzene rings is 2. The fourth-order valence-corrected chi connectivity index (χ4v) is 4.37. The lowest BCUT2D eigenvalue weighted by molar-refractivity contribution is -0.131. The van der Waals surface area contributed by atoms with Crippen molar-refractivity contribution in [2.75, 3.05) is 26.2 Å². The lowest BCUT2D eigenvalue weighted by atomic mass is 10.0. The zero-order chi connectivity index (χ0) is 18.9. The number of ether oxygens (including phenoxy) is 1. The van der Waals surface area contributed by atoms with Crippen LogP contribution in [0.5, 0.6) is 5.75 Å². The van der Waals surface area contributed by atoms with E-state index < -0.39 is 0 Å². The zero-order valence-corrected chi connectivity index (χ0v) is 15.8. The molecule has 0 aliphatic carbocycles. The van der Waals surface area contributed by atoms with Crippen molar-refractivity contribution in [3.05, 3.63) is 60.4 Å². The van der Waals surface area contributed by atoms with Gasteiger partial charge in [0, 0.05) is 26.2 Å². The third-order valence-corrected chi connectivity index (χ3v) is 5.88. The maximum absolute atomic E-state index is 13.0. The topological polar surface area (TPSA) is 59.4 Å². The number of likely N-dealkylation sites (tertiary alicyclic amines) is 1. The van der Waals surface area contributed by atoms with Gasteiger partial charge in [0.1, 0.15) is 24.7 Å². The van der Waals surface area contributed by atoms with E-state index in [4.69, 9.17) is 9.72 Å². The number of para-hydroxylation sites is 3. The largest absolute Gasteiger partial charge is 0.486 e. The summed E-state index contributed by atoms with van der Waals surface area (Å²) < 4.78 is 7.92. The summed E-state index contributed by atoms with van der Waals surface area (Å²) in [6, 6.07) is 17.7. The molecule has 2 aliphatic heterocycles. The van der Waals surface area contributed by atoms with Crippen LogP contribution in [0.3, 0.4) is 0 Å². The molecule has 5 rings (SSSR count). The summed E-state index contributed by atoms with van der Waals surface area (Å²) in [5, 5.41) is 3.43. The molecule has 3 heterocycles. The second-order valence-electron chi connectivity index (χ2n) is 7.68. The number of amides is 1. The highest BCUT2D eigenvalue weighted by molar-refractivity contribution is 5.81. The number of fused-ring (bicyclic) bond motifs is 2. The number of aromatic nitrogens is 2. The predicted molar refractivity (Wildman–Crippen MR) is 107 cm³/mol. The van der Waals surface area contributed by atoms with Gasteiger partial charge in [-0.15, -0.1) is 0 Å². The van der Waals surface area contributed by atoms with Crippen LogP contribution in [0, 0.1) is 11.8 Å². The van der Waals surface area contributed by atoms with E-state index in [0.717, 1.165) is 48.8 Å². The standard InChI is InChI=1S/C22H24N4O2/c27-22(25-12-16-10-23-11-17(16)13-25)14-26-20-9-5-4-8-19(20)24-21(26)15-28-18-6-2-1-3-7-18/h1-9,16-17,23H,10-15H2/t16-,17+. The van der Waals surface area contributed by atoms with Crippen molar-refractivity contribution in [3.8, 4) is 5.75 Å². The van der Waals surface area contributed by atoms with Crippen LogP contribution in [-0.4, -0.2) is 46.5 Å². The molecule has 2 atom stereocenters. The minimum Gasteiger partial charge on any atom is -0.486 e. The van der Waals surface area contributed by atoms with Crippen molar-refractivity contribution >= 4 is 16.9 Å². The first-order valence-corrected chi connectivity index (χ1v) is 9.88. The van der Waals surface area contributed by atoms with Gasteiger partial charge in [-0.1, -0.05) is 30.3 Å². The van der Waals surface area contributed by atoms with Crippen LogP contribution in [0.2, 0.25) is 0 Å². The number of carbonyl (C=O) groups excluding carboxylic acids is 1. The van der Waals surface area contributed by atoms with Gasteiger partial charge >= 0.3 is 0 Å². The van der Waals surface area contributed by atoms with E-state index in [9.17, 15) is 4.79 Å². The zero-order valence-electron chi connectivity index (χ0n) is 15.8. The minimum atomic E-state index is 0.165. The highest BCUT2D eigenvalue weighted by Crippen LogP contribution is 2.27. The molecular weight excluding hydrogens is 352 g/mol. The maximum Gasteiger partial charge on any atom is 0.242 e. The Morgan fingerprint density at radius 3 is 2.54 bits per heavy atom. The average Bonchev–Trinajstić information content (AvgIpc) is 3.41. The monoisotopic (exact) mass is 376 g/mol. The van der Waals surface area contributed by atoms with E-state index in [1.165, 1.54) is 0 Å². The molecule has 2 saturated heterocycles. The minimum absolute atomic E-state index is 0.165. The van der Waals surface area contributed by atoms with Gasteiger partial charge in [0.05, 0.1) is 11.0 Å². The Balaban J connectivity index is 1.37. The molecule has 6 nitrogen and oxygen atoms in total. The van der Waals surface area contributed by atoms with E-state index in [0.29, 0.717) is 25.0 Å². The molecule has 0 saturated carbocycles. The Kier molecular flexibility index (Phi) is 4.49. The molecule has 6 heteroatoms. The van der Waals surface area contributed by atoms with Crippen LogP contribution in [0.1, 0.15) is 5.82 Å². The lowest BCUT2D eigenvalue weighted by Gasteiger charge is -2.19. The molecule has 0 unspecified atom stereocenters. The molecule has 0 spiro atoms. The van der Waals surface area contributed by atoms with Crippen LogP contribution >= 0.6 is 0 Å². The average molecular weight is 376 g/mol. The molecular formula is C22H24N4O2. The Morgan fingerprint density at radius 1 is 1.04 bits per heavy atom. The normalized spacial score (nSPS) is 21.2. The number of nitrogens with one attached hydrogen (secondary N) is 1. The SMILES string of the molecule is O=C(Cn1c(COc2ccccc2)nc2ccccc21)N1C[C@H]2CNC[C@H]2C1. The van der Waals surface area contributed by atoms with Gasteiger partial charge in [0.2, 0.25) is 5.91 Å². The summed E-state index contributed by atoms with van der Waals surface area (Å²) in [6.07, 6.45) is 0. The Labute approximate surface area is 164 Å². The molecule has 144 valence electrons. The first kappa shape index (κ1) is 17.3. The number of carbonyl (C=O) groups is 1. The summed E-state index contributed by atoms with van der Waals surface area (Å²) in [7, 11) is 0. The summed E-state index contributed by atoms with van der Waals surface area (Å²) in [6.45, 7) is 4.41. The number of nitrogens with zero attached hydrogens (tertiary/aromatic N) is 3. The van der Waals surface area contributed by atoms with E-state index >= 15 is 0 Å². The first-order chi connectivity index (χ1) is 13.8. The van der Waals surface area contributed by atoms with Crippen molar-refractivity contribution in [3.63, 3.8) is 0 Å². The van der Waals surface area contributed by atoms with Gasteiger partial charge in [0.25, 0.3) is 0 Å². The highest BCUT2D eigenvalue weighted by atomic mass is 16.5. The summed E-state index contributed by atoms with van der Waals surface area (Å²) in [5.41, 5.74) is 1.87. The Bertz CT molecular complexity index is 973.